The highest BCUT2D eigenvalue weighted by Gasteiger charge is 2.40. The summed E-state index contributed by atoms with van der Waals surface area (Å²) < 4.78 is 1.09. The van der Waals surface area contributed by atoms with Gasteiger partial charge in [-0.05, 0) is 85.5 Å². The number of nitrogens with one attached hydrogen (secondary N) is 1. The van der Waals surface area contributed by atoms with Crippen molar-refractivity contribution in [3.8, 4) is 0 Å². The molecule has 130 valence electrons. The Balaban J connectivity index is 1.31. The molecule has 2 nitrogen and oxygen atoms in total. The Kier molecular flexibility index (Phi) is 5.18. The average Bonchev–Trinajstić information content (AvgIpc) is 3.21. The van der Waals surface area contributed by atoms with E-state index >= 15 is 0 Å². The predicted octanol–water partition coefficient (Wildman–Crippen LogP) is 6.37. The van der Waals surface area contributed by atoms with Gasteiger partial charge in [-0.25, -0.2) is 0 Å². The third-order valence-corrected chi connectivity index (χ3v) is 7.06. The molecule has 0 unspecified atom stereocenters. The van der Waals surface area contributed by atoms with Crippen molar-refractivity contribution in [2.45, 2.75) is 41.9 Å². The van der Waals surface area contributed by atoms with E-state index in [0.717, 1.165) is 22.0 Å². The van der Waals surface area contributed by atoms with Gasteiger partial charge in [0.1, 0.15) is 0 Å². The molecule has 3 atom stereocenters. The van der Waals surface area contributed by atoms with Gasteiger partial charge in [-0.3, -0.25) is 4.79 Å². The number of hydrogen-bond donors (Lipinski definition) is 1. The van der Waals surface area contributed by atoms with E-state index in [9.17, 15) is 4.79 Å². The van der Waals surface area contributed by atoms with Crippen LogP contribution in [0.1, 0.15) is 32.1 Å². The molecule has 0 heterocycles. The van der Waals surface area contributed by atoms with Crippen molar-refractivity contribution in [2.75, 3.05) is 5.32 Å². The molecule has 2 aliphatic rings. The molecule has 4 heteroatoms. The number of fused-ring (bicyclic) bond motifs is 2. The SMILES string of the molecule is O=C(C[C@@H]1C[C@@H]2CC[C@@H]1C2)Nc1ccc(Sc2ccc(Br)cc2)cc1. The fourth-order valence-corrected chi connectivity index (χ4v) is 5.40. The van der Waals surface area contributed by atoms with Crippen LogP contribution in [-0.4, -0.2) is 5.91 Å². The molecule has 0 aromatic heterocycles. The normalized spacial score (nSPS) is 24.4. The van der Waals surface area contributed by atoms with Crippen molar-refractivity contribution in [2.24, 2.45) is 17.8 Å². The highest BCUT2D eigenvalue weighted by Crippen LogP contribution is 2.49. The lowest BCUT2D eigenvalue weighted by Crippen LogP contribution is -2.20. The minimum absolute atomic E-state index is 0.172. The van der Waals surface area contributed by atoms with E-state index in [1.165, 1.54) is 35.5 Å². The molecule has 0 saturated heterocycles. The summed E-state index contributed by atoms with van der Waals surface area (Å²) in [6.45, 7) is 0. The molecule has 1 N–H and O–H groups in total. The van der Waals surface area contributed by atoms with Gasteiger partial charge in [0.15, 0.2) is 0 Å². The summed E-state index contributed by atoms with van der Waals surface area (Å²) in [7, 11) is 0. The van der Waals surface area contributed by atoms with Crippen molar-refractivity contribution >= 4 is 39.3 Å². The van der Waals surface area contributed by atoms with Crippen molar-refractivity contribution in [1.29, 1.82) is 0 Å². The lowest BCUT2D eigenvalue weighted by Gasteiger charge is -2.20. The van der Waals surface area contributed by atoms with Crippen LogP contribution in [0.4, 0.5) is 5.69 Å². The number of anilines is 1. The van der Waals surface area contributed by atoms with E-state index in [1.54, 1.807) is 11.8 Å². The fraction of sp³-hybridized carbons (Fsp3) is 0.381. The van der Waals surface area contributed by atoms with Gasteiger partial charge in [0.25, 0.3) is 0 Å². The summed E-state index contributed by atoms with van der Waals surface area (Å²) in [5.74, 6) is 2.50. The second kappa shape index (κ2) is 7.55. The van der Waals surface area contributed by atoms with Crippen LogP contribution in [0.15, 0.2) is 62.8 Å². The van der Waals surface area contributed by atoms with Crippen LogP contribution in [0, 0.1) is 17.8 Å². The molecular weight excluding hydrogens is 394 g/mol. The molecule has 25 heavy (non-hydrogen) atoms. The Morgan fingerprint density at radius 3 is 2.28 bits per heavy atom. The third kappa shape index (κ3) is 4.29. The van der Waals surface area contributed by atoms with Crippen LogP contribution in [0.25, 0.3) is 0 Å². The van der Waals surface area contributed by atoms with Crippen LogP contribution < -0.4 is 5.32 Å². The van der Waals surface area contributed by atoms with Gasteiger partial charge in [0.2, 0.25) is 5.91 Å². The smallest absolute Gasteiger partial charge is 0.224 e. The van der Waals surface area contributed by atoms with Crippen LogP contribution in [0.2, 0.25) is 0 Å². The average molecular weight is 416 g/mol. The fourth-order valence-electron chi connectivity index (χ4n) is 4.32. The molecule has 2 fully saturated rings. The van der Waals surface area contributed by atoms with Crippen molar-refractivity contribution in [1.82, 2.24) is 0 Å². The summed E-state index contributed by atoms with van der Waals surface area (Å²) in [5, 5.41) is 3.07. The first-order valence-electron chi connectivity index (χ1n) is 8.99. The van der Waals surface area contributed by atoms with Crippen LogP contribution in [-0.2, 0) is 4.79 Å². The Morgan fingerprint density at radius 2 is 1.68 bits per heavy atom. The van der Waals surface area contributed by atoms with E-state index in [2.05, 4.69) is 45.5 Å². The first-order chi connectivity index (χ1) is 12.2. The van der Waals surface area contributed by atoms with E-state index < -0.39 is 0 Å². The molecule has 0 radical (unpaired) electrons. The first-order valence-corrected chi connectivity index (χ1v) is 10.6. The number of amides is 1. The lowest BCUT2D eigenvalue weighted by molar-refractivity contribution is -0.117. The second-order valence-corrected chi connectivity index (χ2v) is 9.33. The second-order valence-electron chi connectivity index (χ2n) is 7.27. The Labute approximate surface area is 161 Å². The summed E-state index contributed by atoms with van der Waals surface area (Å²) in [6.07, 6.45) is 6.04. The topological polar surface area (TPSA) is 29.1 Å². The molecular formula is C21H22BrNOS. The largest absolute Gasteiger partial charge is 0.326 e. The monoisotopic (exact) mass is 415 g/mol. The van der Waals surface area contributed by atoms with E-state index in [1.807, 2.05) is 24.3 Å². The van der Waals surface area contributed by atoms with Crippen LogP contribution in [0.3, 0.4) is 0 Å². The van der Waals surface area contributed by atoms with Crippen LogP contribution in [0.5, 0.6) is 0 Å². The molecule has 2 aliphatic carbocycles. The van der Waals surface area contributed by atoms with Crippen molar-refractivity contribution < 1.29 is 4.79 Å². The highest BCUT2D eigenvalue weighted by molar-refractivity contribution is 9.10. The summed E-state index contributed by atoms with van der Waals surface area (Å²) in [6, 6.07) is 16.4. The number of hydrogen-bond acceptors (Lipinski definition) is 2. The minimum atomic E-state index is 0.172. The lowest BCUT2D eigenvalue weighted by atomic mass is 9.86. The molecule has 2 bridgehead atoms. The number of benzene rings is 2. The Bertz CT molecular complexity index is 743. The maximum absolute atomic E-state index is 12.3. The summed E-state index contributed by atoms with van der Waals surface area (Å²) in [4.78, 5) is 14.7. The number of rotatable bonds is 5. The summed E-state index contributed by atoms with van der Waals surface area (Å²) in [5.41, 5.74) is 0.897. The highest BCUT2D eigenvalue weighted by atomic mass is 79.9. The summed E-state index contributed by atoms with van der Waals surface area (Å²) >= 11 is 5.18. The standard InChI is InChI=1S/C21H22BrNOS/c22-17-3-7-19(8-4-17)25-20-9-5-18(6-10-20)23-21(24)13-16-12-14-1-2-15(16)11-14/h3-10,14-16H,1-2,11-13H2,(H,23,24)/t14-,15-,16+/m1/s1. The molecule has 1 amide bonds. The zero-order chi connectivity index (χ0) is 17.2. The Morgan fingerprint density at radius 1 is 1.00 bits per heavy atom. The zero-order valence-corrected chi connectivity index (χ0v) is 16.5. The minimum Gasteiger partial charge on any atom is -0.326 e. The van der Waals surface area contributed by atoms with E-state index in [0.29, 0.717) is 12.3 Å². The van der Waals surface area contributed by atoms with Crippen molar-refractivity contribution in [3.05, 3.63) is 53.0 Å². The molecule has 0 spiro atoms. The van der Waals surface area contributed by atoms with Gasteiger partial charge in [0.05, 0.1) is 0 Å². The molecule has 0 aliphatic heterocycles. The number of carbonyl (C=O) groups excluding carboxylic acids is 1. The van der Waals surface area contributed by atoms with Gasteiger partial charge in [-0.2, -0.15) is 0 Å². The molecule has 2 aromatic rings. The maximum Gasteiger partial charge on any atom is 0.224 e. The molecule has 2 aromatic carbocycles. The first kappa shape index (κ1) is 17.2. The zero-order valence-electron chi connectivity index (χ0n) is 14.1. The molecule has 4 rings (SSSR count). The van der Waals surface area contributed by atoms with Gasteiger partial charge in [-0.1, -0.05) is 34.1 Å². The predicted molar refractivity (Wildman–Crippen MR) is 107 cm³/mol. The molecule has 2 saturated carbocycles. The quantitative estimate of drug-likeness (QED) is 0.614. The van der Waals surface area contributed by atoms with Crippen molar-refractivity contribution in [3.63, 3.8) is 0 Å². The Hall–Kier alpha value is -1.26. The van der Waals surface area contributed by atoms with Gasteiger partial charge < -0.3 is 5.32 Å². The van der Waals surface area contributed by atoms with Gasteiger partial charge >= 0.3 is 0 Å². The van der Waals surface area contributed by atoms with Crippen LogP contribution >= 0.6 is 27.7 Å². The third-order valence-electron chi connectivity index (χ3n) is 5.52. The van der Waals surface area contributed by atoms with Gasteiger partial charge in [0, 0.05) is 26.4 Å². The maximum atomic E-state index is 12.3. The number of carbonyl (C=O) groups is 1. The van der Waals surface area contributed by atoms with E-state index in [4.69, 9.17) is 0 Å². The van der Waals surface area contributed by atoms with Gasteiger partial charge in [-0.15, -0.1) is 0 Å². The number of halogens is 1. The van der Waals surface area contributed by atoms with E-state index in [-0.39, 0.29) is 5.91 Å².